The summed E-state index contributed by atoms with van der Waals surface area (Å²) in [5, 5.41) is 13.2. The number of anilines is 1. The van der Waals surface area contributed by atoms with Crippen LogP contribution in [0.25, 0.3) is 0 Å². The highest BCUT2D eigenvalue weighted by molar-refractivity contribution is 6.30. The van der Waals surface area contributed by atoms with Gasteiger partial charge in [0.15, 0.2) is 11.5 Å². The number of aliphatic hydroxyl groups excluding tert-OH is 1. The number of halogens is 1. The molecule has 1 heterocycles. The van der Waals surface area contributed by atoms with E-state index in [1.165, 1.54) is 40.4 Å². The highest BCUT2D eigenvalue weighted by Gasteiger charge is 2.43. The summed E-state index contributed by atoms with van der Waals surface area (Å²) in [6.45, 7) is 2.98. The maximum atomic E-state index is 14.3. The average Bonchev–Trinajstić information content (AvgIpc) is 3.12. The molecule has 0 unspecified atom stereocenters. The number of benzene rings is 2. The van der Waals surface area contributed by atoms with Crippen molar-refractivity contribution >= 4 is 35.1 Å². The summed E-state index contributed by atoms with van der Waals surface area (Å²) in [6, 6.07) is 9.21. The number of amides is 2. The summed E-state index contributed by atoms with van der Waals surface area (Å²) in [5.41, 5.74) is 1.37. The Bertz CT molecular complexity index is 1310. The van der Waals surface area contributed by atoms with Gasteiger partial charge in [0.05, 0.1) is 46.6 Å². The van der Waals surface area contributed by atoms with Crippen LogP contribution in [-0.2, 0) is 33.3 Å². The van der Waals surface area contributed by atoms with Crippen molar-refractivity contribution in [2.24, 2.45) is 5.92 Å². The van der Waals surface area contributed by atoms with Crippen LogP contribution in [0.2, 0.25) is 5.02 Å². The lowest BCUT2D eigenvalue weighted by Crippen LogP contribution is -2.53. The minimum Gasteiger partial charge on any atom is -0.493 e. The number of aliphatic hydroxyl groups is 1. The van der Waals surface area contributed by atoms with E-state index in [9.17, 15) is 19.5 Å². The first-order valence-electron chi connectivity index (χ1n) is 14.0. The summed E-state index contributed by atoms with van der Waals surface area (Å²) in [4.78, 5) is 41.5. The molecule has 13 heteroatoms. The minimum atomic E-state index is -1.60. The van der Waals surface area contributed by atoms with Gasteiger partial charge < -0.3 is 43.7 Å². The highest BCUT2D eigenvalue weighted by atomic mass is 35.5. The number of para-hydroxylation sites is 1. The number of nitrogens with one attached hydrogen (secondary N) is 1. The number of methoxy groups -OCH3 is 5. The van der Waals surface area contributed by atoms with Gasteiger partial charge in [0.25, 0.3) is 5.91 Å². The molecule has 3 rings (SSSR count). The van der Waals surface area contributed by atoms with Gasteiger partial charge in [0.2, 0.25) is 11.7 Å². The highest BCUT2D eigenvalue weighted by Crippen LogP contribution is 2.45. The van der Waals surface area contributed by atoms with E-state index < -0.39 is 54.8 Å². The molecular weight excluding hydrogens is 596 g/mol. The maximum Gasteiger partial charge on any atom is 0.328 e. The molecule has 0 fully saturated rings. The second kappa shape index (κ2) is 15.5. The summed E-state index contributed by atoms with van der Waals surface area (Å²) < 4.78 is 33.6. The van der Waals surface area contributed by atoms with Crippen molar-refractivity contribution in [2.75, 3.05) is 53.6 Å². The van der Waals surface area contributed by atoms with Crippen LogP contribution >= 0.6 is 11.6 Å². The first-order chi connectivity index (χ1) is 21.0. The lowest BCUT2D eigenvalue weighted by molar-refractivity contribution is -0.220. The molecule has 0 saturated carbocycles. The molecule has 2 N–H and O–H groups in total. The molecule has 44 heavy (non-hydrogen) atoms. The Labute approximate surface area is 262 Å². The van der Waals surface area contributed by atoms with Crippen molar-refractivity contribution in [3.05, 3.63) is 52.5 Å². The number of esters is 1. The fraction of sp³-hybridized carbons (Fsp3) is 0.516. The zero-order valence-corrected chi connectivity index (χ0v) is 26.8. The molecular formula is C31H41ClN2O10. The van der Waals surface area contributed by atoms with E-state index in [0.717, 1.165) is 0 Å². The van der Waals surface area contributed by atoms with Crippen molar-refractivity contribution in [1.29, 1.82) is 0 Å². The fourth-order valence-corrected chi connectivity index (χ4v) is 5.29. The number of rotatable bonds is 14. The van der Waals surface area contributed by atoms with Crippen molar-refractivity contribution in [3.8, 4) is 11.5 Å². The largest absolute Gasteiger partial charge is 0.493 e. The van der Waals surface area contributed by atoms with E-state index in [-0.39, 0.29) is 12.5 Å². The monoisotopic (exact) mass is 636 g/mol. The SMILES string of the molecule is COC(=O)[C@@H](CC(C)C)NC(=O)C[C@H]1O[C@@H](c2cccc(OC)c2OC)c2cc(Cl)ccc2N(CC(CO)(OC)OC)C1=O. The van der Waals surface area contributed by atoms with Crippen LogP contribution in [0.3, 0.4) is 0 Å². The van der Waals surface area contributed by atoms with E-state index >= 15 is 0 Å². The zero-order valence-electron chi connectivity index (χ0n) is 26.0. The minimum absolute atomic E-state index is 0.0736. The Hall–Kier alpha value is -3.42. The number of fused-ring (bicyclic) bond motifs is 1. The van der Waals surface area contributed by atoms with Gasteiger partial charge in [-0.3, -0.25) is 9.59 Å². The number of carbonyl (C=O) groups excluding carboxylic acids is 3. The Morgan fingerprint density at radius 1 is 1.07 bits per heavy atom. The molecule has 0 saturated heterocycles. The number of carbonyl (C=O) groups is 3. The van der Waals surface area contributed by atoms with Gasteiger partial charge in [0.1, 0.15) is 18.2 Å². The molecule has 3 atom stereocenters. The van der Waals surface area contributed by atoms with E-state index in [2.05, 4.69) is 5.32 Å². The van der Waals surface area contributed by atoms with Crippen LogP contribution in [0.15, 0.2) is 36.4 Å². The third kappa shape index (κ3) is 7.80. The van der Waals surface area contributed by atoms with Crippen LogP contribution in [0, 0.1) is 5.92 Å². The molecule has 2 aromatic carbocycles. The molecule has 0 spiro atoms. The molecule has 2 aromatic rings. The maximum absolute atomic E-state index is 14.3. The smallest absolute Gasteiger partial charge is 0.328 e. The number of nitrogens with zero attached hydrogens (tertiary/aromatic N) is 1. The van der Waals surface area contributed by atoms with Gasteiger partial charge in [-0.1, -0.05) is 37.6 Å². The quantitative estimate of drug-likeness (QED) is 0.234. The average molecular weight is 637 g/mol. The number of hydrogen-bond acceptors (Lipinski definition) is 10. The third-order valence-corrected chi connectivity index (χ3v) is 7.64. The first-order valence-corrected chi connectivity index (χ1v) is 14.4. The molecule has 0 aromatic heterocycles. The summed E-state index contributed by atoms with van der Waals surface area (Å²) in [7, 11) is 6.91. The number of hydrogen-bond donors (Lipinski definition) is 2. The van der Waals surface area contributed by atoms with Crippen LogP contribution in [0.1, 0.15) is 43.9 Å². The summed E-state index contributed by atoms with van der Waals surface area (Å²) in [6.07, 6.45) is -2.46. The van der Waals surface area contributed by atoms with E-state index in [1.54, 1.807) is 36.4 Å². The molecule has 0 radical (unpaired) electrons. The molecule has 0 aliphatic carbocycles. The molecule has 2 amide bonds. The lowest BCUT2D eigenvalue weighted by Gasteiger charge is -2.35. The topological polar surface area (TPSA) is 142 Å². The van der Waals surface area contributed by atoms with Gasteiger partial charge in [-0.15, -0.1) is 0 Å². The molecule has 1 aliphatic heterocycles. The lowest BCUT2D eigenvalue weighted by atomic mass is 9.97. The second-order valence-corrected chi connectivity index (χ2v) is 11.1. The normalized spacial score (nSPS) is 17.5. The number of ether oxygens (including phenoxy) is 6. The summed E-state index contributed by atoms with van der Waals surface area (Å²) >= 11 is 6.46. The predicted molar refractivity (Wildman–Crippen MR) is 162 cm³/mol. The van der Waals surface area contributed by atoms with Gasteiger partial charge in [0, 0.05) is 30.4 Å². The van der Waals surface area contributed by atoms with Gasteiger partial charge in [-0.05, 0) is 36.6 Å². The fourth-order valence-electron chi connectivity index (χ4n) is 5.11. The predicted octanol–water partition coefficient (Wildman–Crippen LogP) is 3.25. The van der Waals surface area contributed by atoms with Crippen LogP contribution in [-0.4, -0.2) is 89.5 Å². The van der Waals surface area contributed by atoms with Crippen LogP contribution in [0.5, 0.6) is 11.5 Å². The van der Waals surface area contributed by atoms with Crippen molar-refractivity contribution < 1.29 is 47.9 Å². The summed E-state index contributed by atoms with van der Waals surface area (Å²) in [5.74, 6) is -2.56. The second-order valence-electron chi connectivity index (χ2n) is 10.7. The third-order valence-electron chi connectivity index (χ3n) is 7.40. The van der Waals surface area contributed by atoms with Gasteiger partial charge in [-0.2, -0.15) is 0 Å². The first kappa shape index (κ1) is 35.1. The van der Waals surface area contributed by atoms with E-state index in [1.807, 2.05) is 13.8 Å². The van der Waals surface area contributed by atoms with Crippen LogP contribution < -0.4 is 19.7 Å². The molecule has 242 valence electrons. The van der Waals surface area contributed by atoms with Gasteiger partial charge >= 0.3 is 5.97 Å². The zero-order chi connectivity index (χ0) is 32.6. The standard InChI is InChI=1S/C31H41ClN2O10/c1-18(2)13-22(30(38)41-5)33-26(36)15-25-29(37)34(16-31(17-35,42-6)43-7)23-12-11-19(32)14-21(23)27(44-25)20-9-8-10-24(39-3)28(20)40-4/h8-12,14,18,22,25,27,35H,13,15-17H2,1-7H3,(H,33,36)/t22-,25-,27+/m1/s1. The van der Waals surface area contributed by atoms with Crippen LogP contribution in [0.4, 0.5) is 5.69 Å². The molecule has 12 nitrogen and oxygen atoms in total. The van der Waals surface area contributed by atoms with E-state index in [0.29, 0.717) is 39.8 Å². The Morgan fingerprint density at radius 3 is 2.34 bits per heavy atom. The van der Waals surface area contributed by atoms with Crippen molar-refractivity contribution in [3.63, 3.8) is 0 Å². The Kier molecular flexibility index (Phi) is 12.4. The Balaban J connectivity index is 2.18. The molecule has 1 aliphatic rings. The van der Waals surface area contributed by atoms with Gasteiger partial charge in [-0.25, -0.2) is 4.79 Å². The van der Waals surface area contributed by atoms with Crippen molar-refractivity contribution in [2.45, 2.75) is 50.7 Å². The Morgan fingerprint density at radius 2 is 1.77 bits per heavy atom. The van der Waals surface area contributed by atoms with Crippen molar-refractivity contribution in [1.82, 2.24) is 5.32 Å². The van der Waals surface area contributed by atoms with E-state index in [4.69, 9.17) is 40.0 Å². The molecule has 0 bridgehead atoms.